The van der Waals surface area contributed by atoms with E-state index in [9.17, 15) is 4.79 Å². The summed E-state index contributed by atoms with van der Waals surface area (Å²) in [5, 5.41) is -0.205. The molecule has 1 unspecified atom stereocenters. The third kappa shape index (κ3) is 3.86. The van der Waals surface area contributed by atoms with E-state index in [0.717, 1.165) is 0 Å². The van der Waals surface area contributed by atoms with E-state index in [1.54, 1.807) is 7.11 Å². The Morgan fingerprint density at radius 2 is 2.36 bits per heavy atom. The van der Waals surface area contributed by atoms with Gasteiger partial charge in [0, 0.05) is 12.9 Å². The molecule has 0 bridgehead atoms. The Kier molecular flexibility index (Phi) is 4.22. The van der Waals surface area contributed by atoms with Gasteiger partial charge in [-0.05, 0) is 25.6 Å². The predicted molar refractivity (Wildman–Crippen MR) is 54.6 cm³/mol. The fraction of sp³-hybridized carbons (Fsp3) is 0.889. The lowest BCUT2D eigenvalue weighted by Crippen LogP contribution is -2.34. The summed E-state index contributed by atoms with van der Waals surface area (Å²) in [5.74, 6) is 0.682. The molecule has 0 amide bonds. The van der Waals surface area contributed by atoms with E-state index in [-0.39, 0.29) is 17.0 Å². The van der Waals surface area contributed by atoms with Gasteiger partial charge in [0.2, 0.25) is 0 Å². The van der Waals surface area contributed by atoms with E-state index in [2.05, 4.69) is 0 Å². The smallest absolute Gasteiger partial charge is 0.367 e. The molecule has 1 saturated heterocycles. The molecule has 1 atom stereocenters. The van der Waals surface area contributed by atoms with Gasteiger partial charge < -0.3 is 14.2 Å². The molecule has 0 aromatic carbocycles. The maximum Gasteiger partial charge on any atom is 0.367 e. The van der Waals surface area contributed by atoms with E-state index in [4.69, 9.17) is 14.2 Å². The van der Waals surface area contributed by atoms with Crippen LogP contribution >= 0.6 is 11.8 Å². The van der Waals surface area contributed by atoms with Gasteiger partial charge in [-0.2, -0.15) is 0 Å². The van der Waals surface area contributed by atoms with Crippen LogP contribution in [0.2, 0.25) is 0 Å². The molecule has 14 heavy (non-hydrogen) atoms. The standard InChI is InChI=1S/C9H16O4S/c1-9(2,6-11-3)12-4-7-5-14-8(10)13-7/h7H,4-6H2,1-3H3. The molecular formula is C9H16O4S. The van der Waals surface area contributed by atoms with Crippen LogP contribution in [-0.4, -0.2) is 43.1 Å². The number of thioether (sulfide) groups is 1. The number of rotatable bonds is 5. The second-order valence-corrected chi connectivity index (χ2v) is 4.76. The van der Waals surface area contributed by atoms with Gasteiger partial charge in [-0.1, -0.05) is 0 Å². The van der Waals surface area contributed by atoms with Crippen molar-refractivity contribution < 1.29 is 19.0 Å². The van der Waals surface area contributed by atoms with Crippen LogP contribution in [0.5, 0.6) is 0 Å². The monoisotopic (exact) mass is 220 g/mol. The lowest BCUT2D eigenvalue weighted by atomic mass is 10.1. The van der Waals surface area contributed by atoms with Gasteiger partial charge in [0.15, 0.2) is 0 Å². The molecule has 0 aromatic heterocycles. The average Bonchev–Trinajstić information content (AvgIpc) is 2.48. The highest BCUT2D eigenvalue weighted by atomic mass is 32.2. The lowest BCUT2D eigenvalue weighted by molar-refractivity contribution is -0.0862. The minimum Gasteiger partial charge on any atom is -0.451 e. The summed E-state index contributed by atoms with van der Waals surface area (Å²) < 4.78 is 15.6. The molecule has 0 saturated carbocycles. The largest absolute Gasteiger partial charge is 0.451 e. The molecule has 0 spiro atoms. The summed E-state index contributed by atoms with van der Waals surface area (Å²) in [6.45, 7) is 4.86. The molecule has 1 aliphatic heterocycles. The Morgan fingerprint density at radius 3 is 2.86 bits per heavy atom. The van der Waals surface area contributed by atoms with Crippen LogP contribution < -0.4 is 0 Å². The molecule has 1 heterocycles. The van der Waals surface area contributed by atoms with Gasteiger partial charge in [0.1, 0.15) is 6.10 Å². The van der Waals surface area contributed by atoms with Crippen LogP contribution in [0.3, 0.4) is 0 Å². The molecule has 0 aliphatic carbocycles. The molecule has 5 heteroatoms. The molecule has 1 fully saturated rings. The Morgan fingerprint density at radius 1 is 1.64 bits per heavy atom. The summed E-state index contributed by atoms with van der Waals surface area (Å²) in [7, 11) is 1.64. The second kappa shape index (κ2) is 5.00. The lowest BCUT2D eigenvalue weighted by Gasteiger charge is -2.25. The number of ether oxygens (including phenoxy) is 3. The third-order valence-corrected chi connectivity index (χ3v) is 2.67. The van der Waals surface area contributed by atoms with Crippen molar-refractivity contribution in [3.05, 3.63) is 0 Å². The minimum absolute atomic E-state index is 0.108. The van der Waals surface area contributed by atoms with E-state index in [1.807, 2.05) is 13.8 Å². The Balaban J connectivity index is 2.22. The first-order valence-corrected chi connectivity index (χ1v) is 5.48. The molecule has 82 valence electrons. The zero-order valence-electron chi connectivity index (χ0n) is 8.74. The first-order chi connectivity index (χ1) is 6.53. The fourth-order valence-electron chi connectivity index (χ4n) is 1.16. The van der Waals surface area contributed by atoms with Crippen LogP contribution in [0, 0.1) is 0 Å². The first-order valence-electron chi connectivity index (χ1n) is 4.50. The summed E-state index contributed by atoms with van der Waals surface area (Å²) in [5.41, 5.74) is -0.325. The Labute approximate surface area is 88.3 Å². The van der Waals surface area contributed by atoms with Crippen molar-refractivity contribution in [3.8, 4) is 0 Å². The topological polar surface area (TPSA) is 44.8 Å². The van der Waals surface area contributed by atoms with Crippen molar-refractivity contribution in [1.29, 1.82) is 0 Å². The van der Waals surface area contributed by atoms with Crippen LogP contribution in [0.4, 0.5) is 4.79 Å². The summed E-state index contributed by atoms with van der Waals surface area (Å²) in [6, 6.07) is 0. The average molecular weight is 220 g/mol. The van der Waals surface area contributed by atoms with Crippen molar-refractivity contribution >= 4 is 17.1 Å². The van der Waals surface area contributed by atoms with E-state index >= 15 is 0 Å². The van der Waals surface area contributed by atoms with Crippen molar-refractivity contribution in [2.45, 2.75) is 25.6 Å². The number of methoxy groups -OCH3 is 1. The summed E-state index contributed by atoms with van der Waals surface area (Å²) >= 11 is 1.20. The number of cyclic esters (lactones) is 1. The first kappa shape index (κ1) is 11.8. The molecule has 0 radical (unpaired) electrons. The predicted octanol–water partition coefficient (Wildman–Crippen LogP) is 1.68. The maximum atomic E-state index is 10.8. The molecular weight excluding hydrogens is 204 g/mol. The molecule has 1 aliphatic rings. The van der Waals surface area contributed by atoms with Gasteiger partial charge in [-0.25, -0.2) is 4.79 Å². The van der Waals surface area contributed by atoms with Crippen molar-refractivity contribution in [2.75, 3.05) is 26.1 Å². The number of carbonyl (C=O) groups excluding carboxylic acids is 1. The van der Waals surface area contributed by atoms with Crippen molar-refractivity contribution in [2.24, 2.45) is 0 Å². The number of hydrogen-bond donors (Lipinski definition) is 0. The van der Waals surface area contributed by atoms with Crippen molar-refractivity contribution in [1.82, 2.24) is 0 Å². The number of carbonyl (C=O) groups is 1. The second-order valence-electron chi connectivity index (χ2n) is 3.80. The van der Waals surface area contributed by atoms with Gasteiger partial charge in [-0.3, -0.25) is 0 Å². The van der Waals surface area contributed by atoms with Gasteiger partial charge in [-0.15, -0.1) is 0 Å². The highest BCUT2D eigenvalue weighted by molar-refractivity contribution is 8.13. The Bertz CT molecular complexity index is 205. The van der Waals surface area contributed by atoms with E-state index in [1.165, 1.54) is 11.8 Å². The fourth-order valence-corrected chi connectivity index (χ4v) is 1.85. The van der Waals surface area contributed by atoms with Crippen LogP contribution in [0.15, 0.2) is 0 Å². The number of hydrogen-bond acceptors (Lipinski definition) is 5. The minimum atomic E-state index is -0.325. The van der Waals surface area contributed by atoms with Gasteiger partial charge in [0.25, 0.3) is 0 Å². The highest BCUT2D eigenvalue weighted by Gasteiger charge is 2.27. The quantitative estimate of drug-likeness (QED) is 0.660. The van der Waals surface area contributed by atoms with Gasteiger partial charge in [0.05, 0.1) is 18.8 Å². The molecule has 0 N–H and O–H groups in total. The van der Waals surface area contributed by atoms with Crippen LogP contribution in [-0.2, 0) is 14.2 Å². The zero-order valence-corrected chi connectivity index (χ0v) is 9.56. The van der Waals surface area contributed by atoms with E-state index < -0.39 is 0 Å². The Hall–Kier alpha value is -0.260. The van der Waals surface area contributed by atoms with Crippen LogP contribution in [0.25, 0.3) is 0 Å². The summed E-state index contributed by atoms with van der Waals surface area (Å²) in [6.07, 6.45) is -0.108. The zero-order chi connectivity index (χ0) is 10.6. The van der Waals surface area contributed by atoms with Crippen LogP contribution in [0.1, 0.15) is 13.8 Å². The van der Waals surface area contributed by atoms with Crippen molar-refractivity contribution in [3.63, 3.8) is 0 Å². The highest BCUT2D eigenvalue weighted by Crippen LogP contribution is 2.21. The maximum absolute atomic E-state index is 10.8. The SMILES string of the molecule is COCC(C)(C)OCC1CSC(=O)O1. The third-order valence-electron chi connectivity index (χ3n) is 1.80. The van der Waals surface area contributed by atoms with E-state index in [0.29, 0.717) is 19.0 Å². The molecule has 4 nitrogen and oxygen atoms in total. The molecule has 1 rings (SSSR count). The molecule has 0 aromatic rings. The summed E-state index contributed by atoms with van der Waals surface area (Å²) in [4.78, 5) is 10.8. The van der Waals surface area contributed by atoms with Gasteiger partial charge >= 0.3 is 5.30 Å². The normalized spacial score (nSPS) is 22.5.